The second-order valence-corrected chi connectivity index (χ2v) is 5.67. The molecule has 0 bridgehead atoms. The summed E-state index contributed by atoms with van der Waals surface area (Å²) >= 11 is 0. The number of benzene rings is 2. The van der Waals surface area contributed by atoms with E-state index in [1.807, 2.05) is 30.3 Å². The van der Waals surface area contributed by atoms with Gasteiger partial charge in [-0.25, -0.2) is 4.98 Å². The average Bonchev–Trinajstić information content (AvgIpc) is 2.96. The highest BCUT2D eigenvalue weighted by Gasteiger charge is 2.23. The summed E-state index contributed by atoms with van der Waals surface area (Å²) in [6.45, 7) is 0. The monoisotopic (exact) mass is 298 g/mol. The van der Waals surface area contributed by atoms with Crippen molar-refractivity contribution in [3.63, 3.8) is 0 Å². The van der Waals surface area contributed by atoms with Crippen molar-refractivity contribution in [3.8, 4) is 0 Å². The maximum atomic E-state index is 12.1. The third-order valence-corrected chi connectivity index (χ3v) is 4.37. The van der Waals surface area contributed by atoms with Crippen molar-refractivity contribution in [1.82, 2.24) is 9.97 Å². The van der Waals surface area contributed by atoms with E-state index in [0.29, 0.717) is 11.3 Å². The molecule has 0 aliphatic heterocycles. The van der Waals surface area contributed by atoms with Crippen LogP contribution >= 0.6 is 0 Å². The van der Waals surface area contributed by atoms with Crippen LogP contribution in [0.15, 0.2) is 48.5 Å². The molecule has 2 aromatic carbocycles. The lowest BCUT2D eigenvalue weighted by molar-refractivity contribution is -0.110. The summed E-state index contributed by atoms with van der Waals surface area (Å²) in [5, 5.41) is 3.07. The highest BCUT2D eigenvalue weighted by atomic mass is 16.2. The first-order valence-electron chi connectivity index (χ1n) is 7.33. The number of fused-ring (bicyclic) bond motifs is 6. The number of H-pyrrole nitrogens is 1. The first kappa shape index (κ1) is 12.3. The standard InChI is InChI=1S/C19H10N2O2/c22-17-8-7-16-13(19(17)23)9-12-15(20-16)6-5-11-10-3-1-2-4-14(10)21-18(11)12/h1-9,21H. The number of hydrogen-bond acceptors (Lipinski definition) is 3. The Kier molecular flexibility index (Phi) is 2.21. The van der Waals surface area contributed by atoms with Crippen LogP contribution in [0, 0.1) is 0 Å². The van der Waals surface area contributed by atoms with Crippen LogP contribution in [-0.2, 0) is 4.79 Å². The molecule has 2 aromatic heterocycles. The summed E-state index contributed by atoms with van der Waals surface area (Å²) in [5.74, 6) is -0.993. The smallest absolute Gasteiger partial charge is 0.235 e. The van der Waals surface area contributed by atoms with Crippen LogP contribution in [0.5, 0.6) is 0 Å². The summed E-state index contributed by atoms with van der Waals surface area (Å²) in [5.41, 5.74) is 3.70. The predicted molar refractivity (Wildman–Crippen MR) is 89.5 cm³/mol. The zero-order chi connectivity index (χ0) is 15.6. The Balaban J connectivity index is 1.96. The van der Waals surface area contributed by atoms with Gasteiger partial charge in [-0.3, -0.25) is 9.59 Å². The maximum Gasteiger partial charge on any atom is 0.235 e. The molecular formula is C19H10N2O2. The molecule has 108 valence electrons. The zero-order valence-electron chi connectivity index (χ0n) is 12.0. The number of carbonyl (C=O) groups excluding carboxylic acids is 2. The number of Topliss-reactive ketones (excluding diaryl/α,β-unsaturated/α-hetero) is 1. The van der Waals surface area contributed by atoms with Crippen LogP contribution in [-0.4, -0.2) is 21.5 Å². The first-order valence-corrected chi connectivity index (χ1v) is 7.33. The van der Waals surface area contributed by atoms with Crippen LogP contribution in [0.2, 0.25) is 0 Å². The molecule has 4 heteroatoms. The molecule has 0 unspecified atom stereocenters. The summed E-state index contributed by atoms with van der Waals surface area (Å²) < 4.78 is 0. The fraction of sp³-hybridized carbons (Fsp3) is 0. The van der Waals surface area contributed by atoms with Gasteiger partial charge in [-0.1, -0.05) is 24.3 Å². The molecule has 0 saturated heterocycles. The van der Waals surface area contributed by atoms with E-state index in [1.165, 1.54) is 6.08 Å². The number of aromatic nitrogens is 2. The van der Waals surface area contributed by atoms with Gasteiger partial charge < -0.3 is 4.98 Å². The molecule has 0 radical (unpaired) electrons. The second kappa shape index (κ2) is 4.14. The molecule has 2 heterocycles. The number of aromatic amines is 1. The number of rotatable bonds is 0. The van der Waals surface area contributed by atoms with Gasteiger partial charge in [-0.15, -0.1) is 0 Å². The minimum Gasteiger partial charge on any atom is -0.354 e. The molecule has 4 aromatic rings. The van der Waals surface area contributed by atoms with Gasteiger partial charge in [0, 0.05) is 21.7 Å². The van der Waals surface area contributed by atoms with E-state index in [1.54, 1.807) is 12.1 Å². The van der Waals surface area contributed by atoms with Gasteiger partial charge >= 0.3 is 0 Å². The van der Waals surface area contributed by atoms with E-state index in [0.717, 1.165) is 32.7 Å². The van der Waals surface area contributed by atoms with Crippen molar-refractivity contribution in [3.05, 3.63) is 59.8 Å². The van der Waals surface area contributed by atoms with Crippen LogP contribution < -0.4 is 0 Å². The van der Waals surface area contributed by atoms with E-state index in [4.69, 9.17) is 0 Å². The Morgan fingerprint density at radius 2 is 1.74 bits per heavy atom. The fourth-order valence-electron chi connectivity index (χ4n) is 3.25. The highest BCUT2D eigenvalue weighted by molar-refractivity contribution is 6.50. The SMILES string of the molecule is O=C1C=Cc2nc3ccc4c5ccccc5[nH]c4c3cc2C1=O. The number of ketones is 2. The number of pyridine rings is 1. The molecule has 1 aliphatic rings. The van der Waals surface area contributed by atoms with E-state index >= 15 is 0 Å². The normalized spacial score (nSPS) is 14.1. The zero-order valence-corrected chi connectivity index (χ0v) is 12.0. The molecule has 0 spiro atoms. The van der Waals surface area contributed by atoms with Gasteiger partial charge in [0.15, 0.2) is 0 Å². The second-order valence-electron chi connectivity index (χ2n) is 5.67. The molecule has 5 rings (SSSR count). The number of para-hydroxylation sites is 1. The Morgan fingerprint density at radius 3 is 2.65 bits per heavy atom. The highest BCUT2D eigenvalue weighted by Crippen LogP contribution is 2.32. The Labute approximate surface area is 130 Å². The molecule has 0 fully saturated rings. The molecule has 4 nitrogen and oxygen atoms in total. The first-order chi connectivity index (χ1) is 11.2. The van der Waals surface area contributed by atoms with E-state index in [2.05, 4.69) is 16.0 Å². The summed E-state index contributed by atoms with van der Waals surface area (Å²) in [7, 11) is 0. The van der Waals surface area contributed by atoms with Crippen LogP contribution in [0.1, 0.15) is 16.1 Å². The largest absolute Gasteiger partial charge is 0.354 e. The lowest BCUT2D eigenvalue weighted by Gasteiger charge is -2.09. The number of carbonyl (C=O) groups is 2. The Bertz CT molecular complexity index is 1200. The van der Waals surface area contributed by atoms with Crippen molar-refractivity contribution in [2.45, 2.75) is 0 Å². The molecule has 23 heavy (non-hydrogen) atoms. The lowest BCUT2D eigenvalue weighted by atomic mass is 9.97. The maximum absolute atomic E-state index is 12.1. The molecule has 1 aliphatic carbocycles. The minimum absolute atomic E-state index is 0.371. The molecule has 1 N–H and O–H groups in total. The number of allylic oxidation sites excluding steroid dienone is 1. The molecule has 0 amide bonds. The summed E-state index contributed by atoms with van der Waals surface area (Å²) in [4.78, 5) is 31.7. The fourth-order valence-corrected chi connectivity index (χ4v) is 3.25. The predicted octanol–water partition coefficient (Wildman–Crippen LogP) is 3.65. The van der Waals surface area contributed by atoms with Crippen molar-refractivity contribution >= 4 is 50.4 Å². The minimum atomic E-state index is -0.498. The Morgan fingerprint density at radius 1 is 0.870 bits per heavy atom. The quantitative estimate of drug-likeness (QED) is 0.504. The van der Waals surface area contributed by atoms with E-state index in [9.17, 15) is 9.59 Å². The van der Waals surface area contributed by atoms with Gasteiger partial charge in [0.2, 0.25) is 11.6 Å². The van der Waals surface area contributed by atoms with Crippen molar-refractivity contribution in [1.29, 1.82) is 0 Å². The molecule has 0 atom stereocenters. The van der Waals surface area contributed by atoms with Crippen LogP contribution in [0.25, 0.3) is 38.8 Å². The van der Waals surface area contributed by atoms with Gasteiger partial charge in [0.05, 0.1) is 22.3 Å². The lowest BCUT2D eigenvalue weighted by Crippen LogP contribution is -2.17. The van der Waals surface area contributed by atoms with Gasteiger partial charge in [-0.05, 0) is 30.4 Å². The van der Waals surface area contributed by atoms with Gasteiger partial charge in [-0.2, -0.15) is 0 Å². The number of nitrogens with zero attached hydrogens (tertiary/aromatic N) is 1. The molecule has 0 saturated carbocycles. The summed E-state index contributed by atoms with van der Waals surface area (Å²) in [6, 6.07) is 13.8. The topological polar surface area (TPSA) is 62.8 Å². The average molecular weight is 298 g/mol. The van der Waals surface area contributed by atoms with E-state index < -0.39 is 11.6 Å². The van der Waals surface area contributed by atoms with Gasteiger partial charge in [0.25, 0.3) is 0 Å². The van der Waals surface area contributed by atoms with Crippen molar-refractivity contribution in [2.24, 2.45) is 0 Å². The number of nitrogens with one attached hydrogen (secondary N) is 1. The Hall–Kier alpha value is -3.27. The number of hydrogen-bond donors (Lipinski definition) is 1. The van der Waals surface area contributed by atoms with Crippen LogP contribution in [0.4, 0.5) is 0 Å². The molecular weight excluding hydrogens is 288 g/mol. The third kappa shape index (κ3) is 1.57. The van der Waals surface area contributed by atoms with Crippen LogP contribution in [0.3, 0.4) is 0 Å². The van der Waals surface area contributed by atoms with E-state index in [-0.39, 0.29) is 0 Å². The van der Waals surface area contributed by atoms with Crippen molar-refractivity contribution in [2.75, 3.05) is 0 Å². The summed E-state index contributed by atoms with van der Waals surface area (Å²) in [6.07, 6.45) is 2.89. The third-order valence-electron chi connectivity index (χ3n) is 4.37. The van der Waals surface area contributed by atoms with Crippen molar-refractivity contribution < 1.29 is 9.59 Å². The van der Waals surface area contributed by atoms with Gasteiger partial charge in [0.1, 0.15) is 0 Å².